The van der Waals surface area contributed by atoms with Gasteiger partial charge in [-0.05, 0) is 24.3 Å². The van der Waals surface area contributed by atoms with Gasteiger partial charge in [0.2, 0.25) is 6.29 Å². The van der Waals surface area contributed by atoms with Crippen LogP contribution < -0.4 is 4.74 Å². The van der Waals surface area contributed by atoms with Crippen molar-refractivity contribution in [1.29, 1.82) is 0 Å². The van der Waals surface area contributed by atoms with Gasteiger partial charge in [0.1, 0.15) is 16.5 Å². The van der Waals surface area contributed by atoms with Gasteiger partial charge in [0.15, 0.2) is 0 Å². The van der Waals surface area contributed by atoms with Crippen LogP contribution in [0.3, 0.4) is 0 Å². The van der Waals surface area contributed by atoms with Crippen molar-refractivity contribution in [3.63, 3.8) is 0 Å². The quantitative estimate of drug-likeness (QED) is 0.779. The zero-order chi connectivity index (χ0) is 13.0. The first-order chi connectivity index (χ1) is 8.78. The van der Waals surface area contributed by atoms with Gasteiger partial charge in [0, 0.05) is 25.2 Å². The standard InChI is InChI=1S/C13H15NO3S/c1-15-10-6-4-9(5-7-10)12-14-11(8-18-12)13(16-2)17-3/h4-8,13H,1-3H3. The molecule has 1 heterocycles. The van der Waals surface area contributed by atoms with E-state index in [1.807, 2.05) is 29.6 Å². The molecule has 0 atom stereocenters. The fourth-order valence-corrected chi connectivity index (χ4v) is 2.42. The van der Waals surface area contributed by atoms with Crippen LogP contribution >= 0.6 is 11.3 Å². The van der Waals surface area contributed by atoms with Crippen molar-refractivity contribution in [2.24, 2.45) is 0 Å². The summed E-state index contributed by atoms with van der Waals surface area (Å²) < 4.78 is 15.5. The van der Waals surface area contributed by atoms with Crippen LogP contribution in [-0.2, 0) is 9.47 Å². The average molecular weight is 265 g/mol. The van der Waals surface area contributed by atoms with Crippen LogP contribution in [0.5, 0.6) is 5.75 Å². The minimum Gasteiger partial charge on any atom is -0.497 e. The van der Waals surface area contributed by atoms with Gasteiger partial charge < -0.3 is 14.2 Å². The third-order valence-corrected chi connectivity index (χ3v) is 3.44. The first kappa shape index (κ1) is 13.0. The van der Waals surface area contributed by atoms with Crippen LogP contribution in [0.4, 0.5) is 0 Å². The maximum absolute atomic E-state index is 5.17. The number of hydrogen-bond donors (Lipinski definition) is 0. The Bertz CT molecular complexity index is 491. The zero-order valence-electron chi connectivity index (χ0n) is 10.5. The largest absolute Gasteiger partial charge is 0.497 e. The first-order valence-electron chi connectivity index (χ1n) is 5.44. The van der Waals surface area contributed by atoms with Crippen LogP contribution in [0.1, 0.15) is 12.0 Å². The van der Waals surface area contributed by atoms with E-state index in [9.17, 15) is 0 Å². The van der Waals surface area contributed by atoms with Crippen molar-refractivity contribution in [2.75, 3.05) is 21.3 Å². The van der Waals surface area contributed by atoms with E-state index in [2.05, 4.69) is 4.98 Å². The Morgan fingerprint density at radius 1 is 1.06 bits per heavy atom. The lowest BCUT2D eigenvalue weighted by atomic mass is 10.2. The lowest BCUT2D eigenvalue weighted by Gasteiger charge is -2.09. The van der Waals surface area contributed by atoms with E-state index in [0.29, 0.717) is 0 Å². The molecule has 0 saturated carbocycles. The van der Waals surface area contributed by atoms with E-state index in [1.165, 1.54) is 0 Å². The molecule has 0 amide bonds. The molecule has 1 aromatic heterocycles. The topological polar surface area (TPSA) is 40.6 Å². The Labute approximate surface area is 110 Å². The molecular weight excluding hydrogens is 250 g/mol. The molecule has 0 unspecified atom stereocenters. The zero-order valence-corrected chi connectivity index (χ0v) is 11.4. The fraction of sp³-hybridized carbons (Fsp3) is 0.308. The second-order valence-electron chi connectivity index (χ2n) is 3.61. The summed E-state index contributed by atoms with van der Waals surface area (Å²) in [4.78, 5) is 4.51. The molecule has 0 aliphatic heterocycles. The van der Waals surface area contributed by atoms with E-state index in [-0.39, 0.29) is 0 Å². The smallest absolute Gasteiger partial charge is 0.201 e. The Kier molecular flexibility index (Phi) is 4.30. The molecule has 5 heteroatoms. The number of rotatable bonds is 5. The second kappa shape index (κ2) is 5.95. The van der Waals surface area contributed by atoms with Crippen molar-refractivity contribution in [2.45, 2.75) is 6.29 Å². The van der Waals surface area contributed by atoms with Crippen LogP contribution in [0, 0.1) is 0 Å². The number of ether oxygens (including phenoxy) is 3. The van der Waals surface area contributed by atoms with Gasteiger partial charge in [-0.2, -0.15) is 0 Å². The summed E-state index contributed by atoms with van der Waals surface area (Å²) in [6, 6.07) is 7.80. The molecule has 2 aromatic rings. The lowest BCUT2D eigenvalue weighted by molar-refractivity contribution is -0.108. The van der Waals surface area contributed by atoms with E-state index >= 15 is 0 Å². The molecule has 0 aliphatic carbocycles. The van der Waals surface area contributed by atoms with Gasteiger partial charge in [0.05, 0.1) is 7.11 Å². The second-order valence-corrected chi connectivity index (χ2v) is 4.47. The number of methoxy groups -OCH3 is 3. The number of hydrogen-bond acceptors (Lipinski definition) is 5. The number of benzene rings is 1. The normalized spacial score (nSPS) is 10.9. The summed E-state index contributed by atoms with van der Waals surface area (Å²) in [6.07, 6.45) is -0.409. The summed E-state index contributed by atoms with van der Waals surface area (Å²) in [5.74, 6) is 0.835. The van der Waals surface area contributed by atoms with Crippen LogP contribution in [0.15, 0.2) is 29.6 Å². The van der Waals surface area contributed by atoms with Crippen molar-refractivity contribution in [1.82, 2.24) is 4.98 Å². The maximum Gasteiger partial charge on any atom is 0.201 e. The molecule has 4 nitrogen and oxygen atoms in total. The first-order valence-corrected chi connectivity index (χ1v) is 6.32. The Morgan fingerprint density at radius 3 is 2.28 bits per heavy atom. The van der Waals surface area contributed by atoms with Crippen molar-refractivity contribution in [3.05, 3.63) is 35.3 Å². The predicted molar refractivity (Wildman–Crippen MR) is 70.9 cm³/mol. The molecule has 0 fully saturated rings. The fourth-order valence-electron chi connectivity index (χ4n) is 1.60. The molecule has 2 rings (SSSR count). The van der Waals surface area contributed by atoms with Gasteiger partial charge in [-0.15, -0.1) is 11.3 Å². The predicted octanol–water partition coefficient (Wildman–Crippen LogP) is 3.11. The summed E-state index contributed by atoms with van der Waals surface area (Å²) >= 11 is 1.56. The minimum absolute atomic E-state index is 0.409. The minimum atomic E-state index is -0.409. The molecule has 0 saturated heterocycles. The molecule has 0 spiro atoms. The Hall–Kier alpha value is -1.43. The highest BCUT2D eigenvalue weighted by Gasteiger charge is 2.13. The highest BCUT2D eigenvalue weighted by atomic mass is 32.1. The molecule has 96 valence electrons. The van der Waals surface area contributed by atoms with Crippen LogP contribution in [-0.4, -0.2) is 26.3 Å². The van der Waals surface area contributed by atoms with Crippen molar-refractivity contribution in [3.8, 4) is 16.3 Å². The molecule has 0 radical (unpaired) electrons. The lowest BCUT2D eigenvalue weighted by Crippen LogP contribution is -2.03. The Morgan fingerprint density at radius 2 is 1.72 bits per heavy atom. The molecule has 18 heavy (non-hydrogen) atoms. The SMILES string of the molecule is COc1ccc(-c2nc(C(OC)OC)cs2)cc1. The summed E-state index contributed by atoms with van der Waals surface area (Å²) in [5.41, 5.74) is 1.84. The molecule has 0 aliphatic rings. The molecule has 0 bridgehead atoms. The van der Waals surface area contributed by atoms with Gasteiger partial charge in [0.25, 0.3) is 0 Å². The van der Waals surface area contributed by atoms with E-state index in [1.54, 1.807) is 32.7 Å². The van der Waals surface area contributed by atoms with Gasteiger partial charge in [-0.25, -0.2) is 4.98 Å². The van der Waals surface area contributed by atoms with E-state index in [4.69, 9.17) is 14.2 Å². The number of thiazole rings is 1. The third-order valence-electron chi connectivity index (χ3n) is 2.53. The van der Waals surface area contributed by atoms with Crippen LogP contribution in [0.25, 0.3) is 10.6 Å². The third kappa shape index (κ3) is 2.69. The Balaban J connectivity index is 2.23. The summed E-state index contributed by atoms with van der Waals surface area (Å²) in [6.45, 7) is 0. The van der Waals surface area contributed by atoms with E-state index < -0.39 is 6.29 Å². The van der Waals surface area contributed by atoms with Gasteiger partial charge >= 0.3 is 0 Å². The van der Waals surface area contributed by atoms with E-state index in [0.717, 1.165) is 22.0 Å². The van der Waals surface area contributed by atoms with Crippen LogP contribution in [0.2, 0.25) is 0 Å². The monoisotopic (exact) mass is 265 g/mol. The number of nitrogens with zero attached hydrogens (tertiary/aromatic N) is 1. The van der Waals surface area contributed by atoms with Gasteiger partial charge in [-0.1, -0.05) is 0 Å². The van der Waals surface area contributed by atoms with Crippen molar-refractivity contribution < 1.29 is 14.2 Å². The average Bonchev–Trinajstić information content (AvgIpc) is 2.90. The number of aromatic nitrogens is 1. The van der Waals surface area contributed by atoms with Gasteiger partial charge in [-0.3, -0.25) is 0 Å². The maximum atomic E-state index is 5.17. The molecular formula is C13H15NO3S. The summed E-state index contributed by atoms with van der Waals surface area (Å²) in [5, 5.41) is 2.88. The molecule has 1 aromatic carbocycles. The highest BCUT2D eigenvalue weighted by molar-refractivity contribution is 7.13. The highest BCUT2D eigenvalue weighted by Crippen LogP contribution is 2.28. The molecule has 0 N–H and O–H groups in total. The summed E-state index contributed by atoms with van der Waals surface area (Å²) in [7, 11) is 4.85. The van der Waals surface area contributed by atoms with Crippen molar-refractivity contribution >= 4 is 11.3 Å².